The second-order valence-electron chi connectivity index (χ2n) is 7.28. The highest BCUT2D eigenvalue weighted by Crippen LogP contribution is 2.27. The number of nitrogens with one attached hydrogen (secondary N) is 1. The van der Waals surface area contributed by atoms with E-state index in [1.54, 1.807) is 7.11 Å². The molecule has 0 aromatic heterocycles. The molecule has 0 aliphatic rings. The number of ether oxygens (including phenoxy) is 1. The third-order valence-corrected chi connectivity index (χ3v) is 4.97. The fourth-order valence-corrected chi connectivity index (χ4v) is 3.25. The summed E-state index contributed by atoms with van der Waals surface area (Å²) in [6.45, 7) is 4.35. The Morgan fingerprint density at radius 3 is 2.25 bits per heavy atom. The van der Waals surface area contributed by atoms with Gasteiger partial charge in [0.05, 0.1) is 13.2 Å². The first-order valence-electron chi connectivity index (χ1n) is 9.81. The van der Waals surface area contributed by atoms with Gasteiger partial charge in [-0.2, -0.15) is 0 Å². The van der Waals surface area contributed by atoms with E-state index in [-0.39, 0.29) is 6.04 Å². The quantitative estimate of drug-likeness (QED) is 0.443. The first-order valence-corrected chi connectivity index (χ1v) is 9.81. The van der Waals surface area contributed by atoms with Gasteiger partial charge in [0.2, 0.25) is 0 Å². The Kier molecular flexibility index (Phi) is 6.91. The van der Waals surface area contributed by atoms with Gasteiger partial charge in [0.15, 0.2) is 0 Å². The molecule has 3 aromatic rings. The molecular weight excluding hydrogens is 342 g/mol. The summed E-state index contributed by atoms with van der Waals surface area (Å²) in [6.07, 6.45) is 4.27. The number of rotatable bonds is 8. The van der Waals surface area contributed by atoms with Crippen LogP contribution in [-0.2, 0) is 6.42 Å². The van der Waals surface area contributed by atoms with Gasteiger partial charge < -0.3 is 10.1 Å². The molecular formula is C26H29NO. The van der Waals surface area contributed by atoms with E-state index in [1.807, 2.05) is 12.1 Å². The standard InChI is InChI=1S/C26H29NO/c1-20-10-13-23(14-11-20)26(27-24-15-17-25(28-3)18-16-24)19-21(2)9-12-22-7-5-4-6-8-22/h4-11,13-18,26-27H,12,19H2,1-3H3/b21-9+. The van der Waals surface area contributed by atoms with E-state index in [0.717, 1.165) is 24.3 Å². The van der Waals surface area contributed by atoms with Crippen molar-refractivity contribution >= 4 is 5.69 Å². The lowest BCUT2D eigenvalue weighted by Gasteiger charge is -2.21. The van der Waals surface area contributed by atoms with Crippen molar-refractivity contribution in [3.63, 3.8) is 0 Å². The molecule has 1 N–H and O–H groups in total. The van der Waals surface area contributed by atoms with E-state index in [9.17, 15) is 0 Å². The van der Waals surface area contributed by atoms with Crippen molar-refractivity contribution in [1.82, 2.24) is 0 Å². The Morgan fingerprint density at radius 2 is 1.61 bits per heavy atom. The minimum absolute atomic E-state index is 0.223. The average Bonchev–Trinajstić information content (AvgIpc) is 2.74. The number of methoxy groups -OCH3 is 1. The van der Waals surface area contributed by atoms with Crippen LogP contribution in [0.4, 0.5) is 5.69 Å². The summed E-state index contributed by atoms with van der Waals surface area (Å²) >= 11 is 0. The molecule has 0 fully saturated rings. The van der Waals surface area contributed by atoms with Crippen LogP contribution in [0, 0.1) is 6.92 Å². The van der Waals surface area contributed by atoms with Crippen LogP contribution >= 0.6 is 0 Å². The summed E-state index contributed by atoms with van der Waals surface area (Å²) in [5.41, 5.74) is 6.41. The zero-order valence-electron chi connectivity index (χ0n) is 17.0. The second kappa shape index (κ2) is 9.80. The maximum absolute atomic E-state index is 5.27. The second-order valence-corrected chi connectivity index (χ2v) is 7.28. The SMILES string of the molecule is COc1ccc(NC(C/C(C)=C/Cc2ccccc2)c2ccc(C)cc2)cc1. The monoisotopic (exact) mass is 371 g/mol. The highest BCUT2D eigenvalue weighted by Gasteiger charge is 2.12. The smallest absolute Gasteiger partial charge is 0.119 e. The summed E-state index contributed by atoms with van der Waals surface area (Å²) in [4.78, 5) is 0. The van der Waals surface area contributed by atoms with Crippen molar-refractivity contribution in [1.29, 1.82) is 0 Å². The average molecular weight is 372 g/mol. The molecule has 3 aromatic carbocycles. The minimum Gasteiger partial charge on any atom is -0.497 e. The van der Waals surface area contributed by atoms with Crippen LogP contribution in [0.3, 0.4) is 0 Å². The van der Waals surface area contributed by atoms with Crippen molar-refractivity contribution in [3.8, 4) is 5.75 Å². The third kappa shape index (κ3) is 5.75. The topological polar surface area (TPSA) is 21.3 Å². The van der Waals surface area contributed by atoms with E-state index >= 15 is 0 Å². The summed E-state index contributed by atoms with van der Waals surface area (Å²) in [6, 6.07) is 27.8. The molecule has 144 valence electrons. The van der Waals surface area contributed by atoms with Crippen molar-refractivity contribution in [2.24, 2.45) is 0 Å². The lowest BCUT2D eigenvalue weighted by Crippen LogP contribution is -2.11. The van der Waals surface area contributed by atoms with E-state index in [0.29, 0.717) is 0 Å². The molecule has 0 heterocycles. The van der Waals surface area contributed by atoms with Crippen LogP contribution in [0.25, 0.3) is 0 Å². The van der Waals surface area contributed by atoms with Crippen LogP contribution < -0.4 is 10.1 Å². The zero-order chi connectivity index (χ0) is 19.8. The van der Waals surface area contributed by atoms with E-state index in [2.05, 4.69) is 92.0 Å². The number of aryl methyl sites for hydroxylation is 1. The highest BCUT2D eigenvalue weighted by molar-refractivity contribution is 5.48. The summed E-state index contributed by atoms with van der Waals surface area (Å²) < 4.78 is 5.27. The van der Waals surface area contributed by atoms with Crippen molar-refractivity contribution in [3.05, 3.63) is 107 Å². The molecule has 0 amide bonds. The fourth-order valence-electron chi connectivity index (χ4n) is 3.25. The van der Waals surface area contributed by atoms with Gasteiger partial charge in [-0.05, 0) is 62.1 Å². The van der Waals surface area contributed by atoms with Gasteiger partial charge in [-0.3, -0.25) is 0 Å². The van der Waals surface area contributed by atoms with E-state index in [1.165, 1.54) is 22.3 Å². The van der Waals surface area contributed by atoms with Crippen molar-refractivity contribution in [2.75, 3.05) is 12.4 Å². The Labute approximate surface area is 168 Å². The summed E-state index contributed by atoms with van der Waals surface area (Å²) in [7, 11) is 1.69. The van der Waals surface area contributed by atoms with Gasteiger partial charge in [0, 0.05) is 5.69 Å². The highest BCUT2D eigenvalue weighted by atomic mass is 16.5. The first kappa shape index (κ1) is 19.8. The van der Waals surface area contributed by atoms with Gasteiger partial charge in [0.1, 0.15) is 5.75 Å². The molecule has 0 aliphatic carbocycles. The first-order chi connectivity index (χ1) is 13.6. The zero-order valence-corrected chi connectivity index (χ0v) is 17.0. The van der Waals surface area contributed by atoms with Crippen molar-refractivity contribution < 1.29 is 4.74 Å². The number of hydrogen-bond acceptors (Lipinski definition) is 2. The van der Waals surface area contributed by atoms with E-state index in [4.69, 9.17) is 4.74 Å². The normalized spacial score (nSPS) is 12.5. The molecule has 0 radical (unpaired) electrons. The van der Waals surface area contributed by atoms with Crippen LogP contribution in [0.15, 0.2) is 90.5 Å². The molecule has 0 aliphatic heterocycles. The Balaban J connectivity index is 1.75. The lowest BCUT2D eigenvalue weighted by molar-refractivity contribution is 0.415. The maximum atomic E-state index is 5.27. The molecule has 3 rings (SSSR count). The molecule has 2 nitrogen and oxygen atoms in total. The lowest BCUT2D eigenvalue weighted by atomic mass is 9.97. The number of hydrogen-bond donors (Lipinski definition) is 1. The van der Waals surface area contributed by atoms with Gasteiger partial charge in [-0.25, -0.2) is 0 Å². The van der Waals surface area contributed by atoms with Crippen LogP contribution in [-0.4, -0.2) is 7.11 Å². The van der Waals surface area contributed by atoms with Gasteiger partial charge in [-0.15, -0.1) is 0 Å². The Morgan fingerprint density at radius 1 is 0.929 bits per heavy atom. The third-order valence-electron chi connectivity index (χ3n) is 4.97. The van der Waals surface area contributed by atoms with E-state index < -0.39 is 0 Å². The van der Waals surface area contributed by atoms with Gasteiger partial charge >= 0.3 is 0 Å². The van der Waals surface area contributed by atoms with Crippen LogP contribution in [0.2, 0.25) is 0 Å². The summed E-state index contributed by atoms with van der Waals surface area (Å²) in [5.74, 6) is 0.872. The van der Waals surface area contributed by atoms with Crippen LogP contribution in [0.5, 0.6) is 5.75 Å². The fraction of sp³-hybridized carbons (Fsp3) is 0.231. The predicted octanol–water partition coefficient (Wildman–Crippen LogP) is 6.74. The predicted molar refractivity (Wildman–Crippen MR) is 119 cm³/mol. The molecule has 0 bridgehead atoms. The Bertz CT molecular complexity index is 880. The maximum Gasteiger partial charge on any atom is 0.119 e. The molecule has 1 unspecified atom stereocenters. The summed E-state index contributed by atoms with van der Waals surface area (Å²) in [5, 5.41) is 3.70. The van der Waals surface area contributed by atoms with Crippen LogP contribution in [0.1, 0.15) is 36.1 Å². The molecule has 28 heavy (non-hydrogen) atoms. The molecule has 0 saturated heterocycles. The molecule has 0 saturated carbocycles. The minimum atomic E-state index is 0.223. The number of allylic oxidation sites excluding steroid dienone is 1. The Hall–Kier alpha value is -3.00. The van der Waals surface area contributed by atoms with Crippen molar-refractivity contribution in [2.45, 2.75) is 32.7 Å². The number of benzene rings is 3. The molecule has 0 spiro atoms. The van der Waals surface area contributed by atoms with Gasteiger partial charge in [-0.1, -0.05) is 71.8 Å². The molecule has 2 heteroatoms. The number of anilines is 1. The van der Waals surface area contributed by atoms with Gasteiger partial charge in [0.25, 0.3) is 0 Å². The molecule has 1 atom stereocenters. The largest absolute Gasteiger partial charge is 0.497 e.